The summed E-state index contributed by atoms with van der Waals surface area (Å²) in [6.45, 7) is 8.17. The second kappa shape index (κ2) is 9.65. The molecule has 1 aliphatic rings. The van der Waals surface area contributed by atoms with Gasteiger partial charge in [-0.1, -0.05) is 30.3 Å². The van der Waals surface area contributed by atoms with Crippen LogP contribution in [-0.2, 0) is 20.0 Å². The Kier molecular flexibility index (Phi) is 7.78. The minimum absolute atomic E-state index is 0.320. The SMILES string of the molecule is CC(C)(C)OC(=O)N1CCC(C)(C(=O)OC(O)CSCc2ccccc2)CC1. The summed E-state index contributed by atoms with van der Waals surface area (Å²) in [5.74, 6) is 0.655. The number of hydrogen-bond donors (Lipinski definition) is 1. The number of hydrogen-bond acceptors (Lipinski definition) is 6. The van der Waals surface area contributed by atoms with Crippen molar-refractivity contribution in [2.24, 2.45) is 5.41 Å². The predicted molar refractivity (Wildman–Crippen MR) is 110 cm³/mol. The molecule has 1 aromatic carbocycles. The fourth-order valence-corrected chi connectivity index (χ4v) is 3.68. The maximum absolute atomic E-state index is 12.5. The van der Waals surface area contributed by atoms with Gasteiger partial charge in [0.25, 0.3) is 0 Å². The van der Waals surface area contributed by atoms with E-state index in [1.807, 2.05) is 58.0 Å². The average molecular weight is 410 g/mol. The Morgan fingerprint density at radius 3 is 2.39 bits per heavy atom. The second-order valence-corrected chi connectivity index (χ2v) is 9.42. The van der Waals surface area contributed by atoms with Crippen molar-refractivity contribution in [1.29, 1.82) is 0 Å². The smallest absolute Gasteiger partial charge is 0.410 e. The van der Waals surface area contributed by atoms with Crippen LogP contribution in [0.5, 0.6) is 0 Å². The van der Waals surface area contributed by atoms with E-state index in [0.717, 1.165) is 11.3 Å². The summed E-state index contributed by atoms with van der Waals surface area (Å²) in [6.07, 6.45) is -0.536. The van der Waals surface area contributed by atoms with Crippen LogP contribution in [0.15, 0.2) is 30.3 Å². The van der Waals surface area contributed by atoms with Crippen molar-refractivity contribution < 1.29 is 24.2 Å². The maximum Gasteiger partial charge on any atom is 0.410 e. The highest BCUT2D eigenvalue weighted by atomic mass is 32.2. The molecule has 2 rings (SSSR count). The van der Waals surface area contributed by atoms with E-state index in [4.69, 9.17) is 9.47 Å². The topological polar surface area (TPSA) is 76.1 Å². The lowest BCUT2D eigenvalue weighted by molar-refractivity contribution is -0.178. The molecule has 0 spiro atoms. The van der Waals surface area contributed by atoms with Crippen molar-refractivity contribution in [2.75, 3.05) is 18.8 Å². The molecule has 1 saturated heterocycles. The van der Waals surface area contributed by atoms with Gasteiger partial charge in [-0.2, -0.15) is 11.8 Å². The number of carbonyl (C=O) groups excluding carboxylic acids is 2. The maximum atomic E-state index is 12.5. The molecule has 1 unspecified atom stereocenters. The minimum atomic E-state index is -1.14. The summed E-state index contributed by atoms with van der Waals surface area (Å²) in [6, 6.07) is 9.93. The molecule has 1 atom stereocenters. The van der Waals surface area contributed by atoms with Gasteiger partial charge in [0.2, 0.25) is 6.29 Å². The van der Waals surface area contributed by atoms with Crippen molar-refractivity contribution in [2.45, 2.75) is 58.2 Å². The molecule has 0 radical (unpaired) electrons. The molecule has 28 heavy (non-hydrogen) atoms. The Bertz CT molecular complexity index is 651. The molecule has 1 N–H and O–H groups in total. The highest BCUT2D eigenvalue weighted by molar-refractivity contribution is 7.98. The van der Waals surface area contributed by atoms with E-state index in [-0.39, 0.29) is 6.09 Å². The first-order chi connectivity index (χ1) is 13.1. The third-order valence-corrected chi connectivity index (χ3v) is 5.68. The number of aliphatic hydroxyl groups is 1. The quantitative estimate of drug-likeness (QED) is 0.569. The lowest BCUT2D eigenvalue weighted by atomic mass is 9.80. The first kappa shape index (κ1) is 22.6. The largest absolute Gasteiger partial charge is 0.444 e. The Morgan fingerprint density at radius 1 is 1.21 bits per heavy atom. The molecular formula is C21H31NO5S. The van der Waals surface area contributed by atoms with Crippen LogP contribution in [-0.4, -0.2) is 52.8 Å². The lowest BCUT2D eigenvalue weighted by Gasteiger charge is -2.38. The Balaban J connectivity index is 1.75. The van der Waals surface area contributed by atoms with Crippen molar-refractivity contribution in [3.8, 4) is 0 Å². The number of esters is 1. The van der Waals surface area contributed by atoms with Gasteiger partial charge in [-0.25, -0.2) is 4.79 Å². The number of aliphatic hydroxyl groups excluding tert-OH is 1. The Morgan fingerprint density at radius 2 is 1.82 bits per heavy atom. The molecule has 1 amide bonds. The van der Waals surface area contributed by atoms with E-state index >= 15 is 0 Å². The number of thioether (sulfide) groups is 1. The average Bonchev–Trinajstić information content (AvgIpc) is 2.61. The van der Waals surface area contributed by atoms with Gasteiger partial charge in [0.1, 0.15) is 5.60 Å². The van der Waals surface area contributed by atoms with Crippen LogP contribution in [0.4, 0.5) is 4.79 Å². The third kappa shape index (κ3) is 7.02. The van der Waals surface area contributed by atoms with Gasteiger partial charge in [-0.3, -0.25) is 4.79 Å². The number of ether oxygens (including phenoxy) is 2. The number of likely N-dealkylation sites (tertiary alicyclic amines) is 1. The zero-order valence-electron chi connectivity index (χ0n) is 17.1. The number of piperidine rings is 1. The molecule has 1 aromatic rings. The summed E-state index contributed by atoms with van der Waals surface area (Å²) < 4.78 is 10.6. The summed E-state index contributed by atoms with van der Waals surface area (Å²) >= 11 is 1.51. The van der Waals surface area contributed by atoms with Gasteiger partial charge >= 0.3 is 12.1 Å². The van der Waals surface area contributed by atoms with Crippen molar-refractivity contribution in [3.63, 3.8) is 0 Å². The van der Waals surface area contributed by atoms with E-state index in [2.05, 4.69) is 0 Å². The van der Waals surface area contributed by atoms with E-state index in [1.54, 1.807) is 4.90 Å². The number of carbonyl (C=O) groups is 2. The fraction of sp³-hybridized carbons (Fsp3) is 0.619. The van der Waals surface area contributed by atoms with Crippen molar-refractivity contribution >= 4 is 23.8 Å². The van der Waals surface area contributed by atoms with Crippen molar-refractivity contribution in [3.05, 3.63) is 35.9 Å². The molecule has 6 nitrogen and oxygen atoms in total. The van der Waals surface area contributed by atoms with Crippen molar-refractivity contribution in [1.82, 2.24) is 4.90 Å². The van der Waals surface area contributed by atoms with Gasteiger partial charge < -0.3 is 19.5 Å². The molecule has 156 valence electrons. The van der Waals surface area contributed by atoms with Crippen LogP contribution in [0.2, 0.25) is 0 Å². The zero-order valence-corrected chi connectivity index (χ0v) is 18.0. The van der Waals surface area contributed by atoms with E-state index in [1.165, 1.54) is 11.8 Å². The summed E-state index contributed by atoms with van der Waals surface area (Å²) in [7, 11) is 0. The van der Waals surface area contributed by atoms with Gasteiger partial charge in [-0.15, -0.1) is 0 Å². The molecule has 0 aliphatic carbocycles. The van der Waals surface area contributed by atoms with Crippen LogP contribution in [0.3, 0.4) is 0 Å². The third-order valence-electron chi connectivity index (χ3n) is 4.63. The van der Waals surface area contributed by atoms with E-state index in [0.29, 0.717) is 31.7 Å². The molecule has 0 saturated carbocycles. The predicted octanol–water partition coefficient (Wildman–Crippen LogP) is 3.82. The van der Waals surface area contributed by atoms with E-state index < -0.39 is 23.3 Å². The van der Waals surface area contributed by atoms with Gasteiger partial charge in [0.15, 0.2) is 0 Å². The molecule has 1 aliphatic heterocycles. The summed E-state index contributed by atoms with van der Waals surface area (Å²) in [5.41, 5.74) is -0.0884. The number of benzene rings is 1. The van der Waals surface area contributed by atoms with E-state index in [9.17, 15) is 14.7 Å². The monoisotopic (exact) mass is 409 g/mol. The van der Waals surface area contributed by atoms with Gasteiger partial charge in [0, 0.05) is 18.8 Å². The highest BCUT2D eigenvalue weighted by Gasteiger charge is 2.41. The highest BCUT2D eigenvalue weighted by Crippen LogP contribution is 2.33. The van der Waals surface area contributed by atoms with Crippen LogP contribution >= 0.6 is 11.8 Å². The fourth-order valence-electron chi connectivity index (χ4n) is 2.87. The molecule has 1 fully saturated rings. The van der Waals surface area contributed by atoms with Crippen LogP contribution in [0, 0.1) is 5.41 Å². The molecule has 0 aromatic heterocycles. The van der Waals surface area contributed by atoms with Crippen LogP contribution in [0.1, 0.15) is 46.1 Å². The molecule has 0 bridgehead atoms. The zero-order chi connectivity index (χ0) is 20.8. The van der Waals surface area contributed by atoms with Crippen LogP contribution in [0.25, 0.3) is 0 Å². The molecule has 1 heterocycles. The first-order valence-corrected chi connectivity index (χ1v) is 10.7. The Labute approximate surface area is 171 Å². The standard InChI is InChI=1S/C21H31NO5S/c1-20(2,3)27-19(25)22-12-10-21(4,11-13-22)18(24)26-17(23)15-28-14-16-8-6-5-7-9-16/h5-9,17,23H,10-15H2,1-4H3. The number of rotatable bonds is 6. The molecular weight excluding hydrogens is 378 g/mol. The van der Waals surface area contributed by atoms with Gasteiger partial charge in [0.05, 0.1) is 11.2 Å². The lowest BCUT2D eigenvalue weighted by Crippen LogP contribution is -2.47. The second-order valence-electron chi connectivity index (χ2n) is 8.39. The molecule has 7 heteroatoms. The normalized spacial score (nSPS) is 17.7. The first-order valence-electron chi connectivity index (χ1n) is 9.58. The van der Waals surface area contributed by atoms with Crippen LogP contribution < -0.4 is 0 Å². The minimum Gasteiger partial charge on any atom is -0.444 e. The number of nitrogens with zero attached hydrogens (tertiary/aromatic N) is 1. The Hall–Kier alpha value is -1.73. The summed E-state index contributed by atoms with van der Waals surface area (Å²) in [5, 5.41) is 10.1. The summed E-state index contributed by atoms with van der Waals surface area (Å²) in [4.78, 5) is 26.3. The van der Waals surface area contributed by atoms with Gasteiger partial charge in [-0.05, 0) is 46.1 Å². The number of amides is 1.